The number of ether oxygens (including phenoxy) is 2. The van der Waals surface area contributed by atoms with Gasteiger partial charge < -0.3 is 15.2 Å². The fourth-order valence-electron chi connectivity index (χ4n) is 3.50. The lowest BCUT2D eigenvalue weighted by Crippen LogP contribution is -2.41. The second-order valence-corrected chi connectivity index (χ2v) is 6.64. The van der Waals surface area contributed by atoms with Gasteiger partial charge in [0, 0.05) is 13.0 Å². The maximum Gasteiger partial charge on any atom is 0.220 e. The maximum atomic E-state index is 11.5. The summed E-state index contributed by atoms with van der Waals surface area (Å²) in [5.74, 6) is 1.27. The number of amides is 1. The Morgan fingerprint density at radius 1 is 1.26 bits per heavy atom. The molecular weight excluding hydrogens is 348 g/mol. The summed E-state index contributed by atoms with van der Waals surface area (Å²) in [5, 5.41) is 12.3. The van der Waals surface area contributed by atoms with Crippen molar-refractivity contribution in [1.29, 1.82) is 0 Å². The first-order chi connectivity index (χ1) is 13.1. The zero-order valence-electron chi connectivity index (χ0n) is 15.7. The van der Waals surface area contributed by atoms with Crippen molar-refractivity contribution in [1.82, 2.24) is 25.1 Å². The fourth-order valence-corrected chi connectivity index (χ4v) is 3.50. The minimum absolute atomic E-state index is 0.0674. The largest absolute Gasteiger partial charge is 0.497 e. The molecule has 146 valence electrons. The molecule has 0 radical (unpaired) electrons. The lowest BCUT2D eigenvalue weighted by molar-refractivity contribution is -0.123. The fraction of sp³-hybridized carbons (Fsp3) is 0.556. The number of methoxy groups -OCH3 is 2. The van der Waals surface area contributed by atoms with Crippen LogP contribution >= 0.6 is 0 Å². The standard InChI is InChI=1S/C18H26N6O3/c1-26-12-11-24-18(20-21-22-24)16(13-3-5-15(27-2)6-4-13)23-9-7-14(8-10-23)17(19)25/h3-6,14,16H,7-12H2,1-2H3,(H2,19,25)/t16-/m0/s1. The Balaban J connectivity index is 1.89. The van der Waals surface area contributed by atoms with Crippen LogP contribution in [0.2, 0.25) is 0 Å². The van der Waals surface area contributed by atoms with Crippen LogP contribution in [-0.4, -0.2) is 64.9 Å². The van der Waals surface area contributed by atoms with E-state index in [0.717, 1.165) is 43.1 Å². The summed E-state index contributed by atoms with van der Waals surface area (Å²) in [4.78, 5) is 13.8. The molecule has 9 nitrogen and oxygen atoms in total. The lowest BCUT2D eigenvalue weighted by atomic mass is 9.93. The van der Waals surface area contributed by atoms with Gasteiger partial charge in [0.15, 0.2) is 5.82 Å². The molecule has 0 aliphatic carbocycles. The van der Waals surface area contributed by atoms with E-state index < -0.39 is 0 Å². The molecule has 27 heavy (non-hydrogen) atoms. The highest BCUT2D eigenvalue weighted by atomic mass is 16.5. The molecule has 2 N–H and O–H groups in total. The predicted octanol–water partition coefficient (Wildman–Crippen LogP) is 0.615. The Hall–Kier alpha value is -2.52. The topological polar surface area (TPSA) is 108 Å². The van der Waals surface area contributed by atoms with Crippen LogP contribution in [0.3, 0.4) is 0 Å². The number of piperidine rings is 1. The highest BCUT2D eigenvalue weighted by molar-refractivity contribution is 5.76. The van der Waals surface area contributed by atoms with Gasteiger partial charge in [0.05, 0.1) is 26.3 Å². The van der Waals surface area contributed by atoms with Gasteiger partial charge in [-0.05, 0) is 54.1 Å². The third-order valence-electron chi connectivity index (χ3n) is 5.04. The van der Waals surface area contributed by atoms with Crippen molar-refractivity contribution in [3.63, 3.8) is 0 Å². The van der Waals surface area contributed by atoms with Gasteiger partial charge in [-0.25, -0.2) is 4.68 Å². The molecule has 9 heteroatoms. The van der Waals surface area contributed by atoms with Crippen LogP contribution in [0.5, 0.6) is 5.75 Å². The van der Waals surface area contributed by atoms with Crippen LogP contribution in [0.4, 0.5) is 0 Å². The quantitative estimate of drug-likeness (QED) is 0.721. The van der Waals surface area contributed by atoms with Crippen molar-refractivity contribution in [3.05, 3.63) is 35.7 Å². The van der Waals surface area contributed by atoms with Crippen molar-refractivity contribution in [2.24, 2.45) is 11.7 Å². The number of likely N-dealkylation sites (tertiary alicyclic amines) is 1. The number of carbonyl (C=O) groups excluding carboxylic acids is 1. The molecule has 3 rings (SSSR count). The highest BCUT2D eigenvalue weighted by Gasteiger charge is 2.32. The normalized spacial score (nSPS) is 17.0. The van der Waals surface area contributed by atoms with Crippen LogP contribution in [0, 0.1) is 5.92 Å². The van der Waals surface area contributed by atoms with Gasteiger partial charge in [-0.15, -0.1) is 5.10 Å². The molecule has 1 atom stereocenters. The highest BCUT2D eigenvalue weighted by Crippen LogP contribution is 2.32. The Bertz CT molecular complexity index is 740. The minimum Gasteiger partial charge on any atom is -0.497 e. The molecule has 2 heterocycles. The molecule has 1 aliphatic rings. The zero-order chi connectivity index (χ0) is 19.2. The van der Waals surface area contributed by atoms with E-state index >= 15 is 0 Å². The summed E-state index contributed by atoms with van der Waals surface area (Å²) in [6.07, 6.45) is 1.48. The molecule has 1 aromatic heterocycles. The van der Waals surface area contributed by atoms with Crippen molar-refractivity contribution in [2.75, 3.05) is 33.9 Å². The molecule has 2 aromatic rings. The smallest absolute Gasteiger partial charge is 0.220 e. The number of nitrogens with zero attached hydrogens (tertiary/aromatic N) is 5. The van der Waals surface area contributed by atoms with E-state index in [4.69, 9.17) is 15.2 Å². The van der Waals surface area contributed by atoms with E-state index in [1.807, 2.05) is 24.3 Å². The second kappa shape index (κ2) is 8.92. The number of rotatable bonds is 8. The molecule has 0 spiro atoms. The van der Waals surface area contributed by atoms with Gasteiger partial charge in [0.1, 0.15) is 5.75 Å². The van der Waals surface area contributed by atoms with E-state index in [2.05, 4.69) is 20.4 Å². The maximum absolute atomic E-state index is 11.5. The predicted molar refractivity (Wildman–Crippen MR) is 98.0 cm³/mol. The summed E-state index contributed by atoms with van der Waals surface area (Å²) in [6, 6.07) is 7.80. The summed E-state index contributed by atoms with van der Waals surface area (Å²) in [5.41, 5.74) is 6.55. The van der Waals surface area contributed by atoms with Gasteiger partial charge in [0.2, 0.25) is 5.91 Å². The Morgan fingerprint density at radius 3 is 2.56 bits per heavy atom. The Morgan fingerprint density at radius 2 is 1.96 bits per heavy atom. The average Bonchev–Trinajstić information content (AvgIpc) is 3.15. The lowest BCUT2D eigenvalue weighted by Gasteiger charge is -2.36. The van der Waals surface area contributed by atoms with Gasteiger partial charge in [-0.1, -0.05) is 12.1 Å². The molecule has 1 aliphatic heterocycles. The van der Waals surface area contributed by atoms with Crippen LogP contribution in [-0.2, 0) is 16.1 Å². The van der Waals surface area contributed by atoms with Gasteiger partial charge in [-0.2, -0.15) is 0 Å². The molecule has 0 unspecified atom stereocenters. The first-order valence-corrected chi connectivity index (χ1v) is 9.06. The van der Waals surface area contributed by atoms with Crippen molar-refractivity contribution < 1.29 is 14.3 Å². The minimum atomic E-state index is -0.222. The second-order valence-electron chi connectivity index (χ2n) is 6.64. The Labute approximate surface area is 158 Å². The van der Waals surface area contributed by atoms with Crippen molar-refractivity contribution in [2.45, 2.75) is 25.4 Å². The third kappa shape index (κ3) is 4.42. The van der Waals surface area contributed by atoms with Crippen molar-refractivity contribution >= 4 is 5.91 Å². The van der Waals surface area contributed by atoms with E-state index in [-0.39, 0.29) is 17.9 Å². The van der Waals surface area contributed by atoms with Gasteiger partial charge >= 0.3 is 0 Å². The first kappa shape index (κ1) is 19.2. The average molecular weight is 374 g/mol. The van der Waals surface area contributed by atoms with E-state index in [0.29, 0.717) is 13.2 Å². The van der Waals surface area contributed by atoms with E-state index in [1.54, 1.807) is 18.9 Å². The third-order valence-corrected chi connectivity index (χ3v) is 5.04. The summed E-state index contributed by atoms with van der Waals surface area (Å²) in [7, 11) is 3.30. The number of tetrazole rings is 1. The summed E-state index contributed by atoms with van der Waals surface area (Å²) >= 11 is 0. The van der Waals surface area contributed by atoms with Crippen LogP contribution in [0.15, 0.2) is 24.3 Å². The SMILES string of the molecule is COCCn1nnnc1[C@H](c1ccc(OC)cc1)N1CCC(C(N)=O)CC1. The van der Waals surface area contributed by atoms with Crippen LogP contribution in [0.25, 0.3) is 0 Å². The summed E-state index contributed by atoms with van der Waals surface area (Å²) < 4.78 is 12.2. The zero-order valence-corrected chi connectivity index (χ0v) is 15.7. The van der Waals surface area contributed by atoms with E-state index in [1.165, 1.54) is 0 Å². The van der Waals surface area contributed by atoms with Crippen LogP contribution < -0.4 is 10.5 Å². The molecule has 1 saturated heterocycles. The van der Waals surface area contributed by atoms with E-state index in [9.17, 15) is 4.79 Å². The number of carbonyl (C=O) groups is 1. The molecule has 1 fully saturated rings. The number of primary amides is 1. The first-order valence-electron chi connectivity index (χ1n) is 9.06. The number of hydrogen-bond acceptors (Lipinski definition) is 7. The van der Waals surface area contributed by atoms with Gasteiger partial charge in [0.25, 0.3) is 0 Å². The number of hydrogen-bond donors (Lipinski definition) is 1. The summed E-state index contributed by atoms with van der Waals surface area (Å²) in [6.45, 7) is 2.60. The number of nitrogens with two attached hydrogens (primary N) is 1. The molecular formula is C18H26N6O3. The number of aromatic nitrogens is 4. The monoisotopic (exact) mass is 374 g/mol. The van der Waals surface area contributed by atoms with Crippen molar-refractivity contribution in [3.8, 4) is 5.75 Å². The number of benzene rings is 1. The van der Waals surface area contributed by atoms with Gasteiger partial charge in [-0.3, -0.25) is 9.69 Å². The molecule has 1 amide bonds. The molecule has 0 bridgehead atoms. The molecule has 0 saturated carbocycles. The molecule has 1 aromatic carbocycles. The van der Waals surface area contributed by atoms with Crippen LogP contribution in [0.1, 0.15) is 30.3 Å². The Kier molecular flexibility index (Phi) is 6.36.